The first kappa shape index (κ1) is 13.2. The molecule has 3 heteroatoms. The fourth-order valence-electron chi connectivity index (χ4n) is 2.27. The molecule has 1 fully saturated rings. The van der Waals surface area contributed by atoms with E-state index in [2.05, 4.69) is 17.4 Å². The van der Waals surface area contributed by atoms with E-state index in [9.17, 15) is 0 Å². The number of anilines is 1. The summed E-state index contributed by atoms with van der Waals surface area (Å²) in [5.41, 5.74) is 1.16. The molecule has 0 aliphatic carbocycles. The van der Waals surface area contributed by atoms with Crippen molar-refractivity contribution in [2.75, 3.05) is 25.1 Å². The maximum atomic E-state index is 5.60. The molecule has 1 aliphatic rings. The molecule has 2 rings (SSSR count). The van der Waals surface area contributed by atoms with E-state index in [1.54, 1.807) is 0 Å². The number of rotatable bonds is 7. The summed E-state index contributed by atoms with van der Waals surface area (Å²) in [4.78, 5) is 0. The van der Waals surface area contributed by atoms with Crippen molar-refractivity contribution in [2.45, 2.75) is 38.7 Å². The van der Waals surface area contributed by atoms with E-state index < -0.39 is 0 Å². The number of ether oxygens (including phenoxy) is 2. The summed E-state index contributed by atoms with van der Waals surface area (Å²) in [6.45, 7) is 4.68. The van der Waals surface area contributed by atoms with E-state index in [-0.39, 0.29) is 0 Å². The Balaban J connectivity index is 1.63. The van der Waals surface area contributed by atoms with Gasteiger partial charge >= 0.3 is 0 Å². The number of hydrogen-bond acceptors (Lipinski definition) is 3. The average Bonchev–Trinajstić information content (AvgIpc) is 2.90. The van der Waals surface area contributed by atoms with Crippen molar-refractivity contribution in [3.05, 3.63) is 24.3 Å². The van der Waals surface area contributed by atoms with Crippen LogP contribution < -0.4 is 10.1 Å². The van der Waals surface area contributed by atoms with Crippen molar-refractivity contribution >= 4 is 5.69 Å². The molecule has 0 saturated carbocycles. The Bertz CT molecular complexity index is 331. The standard InChI is InChI=1S/C15H23NO2/c1-2-17-15-9-7-13(8-10-15)16-11-3-5-14-6-4-12-18-14/h7-10,14,16H,2-6,11-12H2,1H3. The van der Waals surface area contributed by atoms with Crippen molar-refractivity contribution in [1.82, 2.24) is 0 Å². The molecular weight excluding hydrogens is 226 g/mol. The normalized spacial score (nSPS) is 18.8. The van der Waals surface area contributed by atoms with Gasteiger partial charge in [0.1, 0.15) is 5.75 Å². The van der Waals surface area contributed by atoms with Gasteiger partial charge in [-0.3, -0.25) is 0 Å². The monoisotopic (exact) mass is 249 g/mol. The predicted octanol–water partition coefficient (Wildman–Crippen LogP) is 3.46. The molecule has 3 nitrogen and oxygen atoms in total. The third-order valence-electron chi connectivity index (χ3n) is 3.22. The lowest BCUT2D eigenvalue weighted by molar-refractivity contribution is 0.103. The summed E-state index contributed by atoms with van der Waals surface area (Å²) in [7, 11) is 0. The Hall–Kier alpha value is -1.22. The molecule has 1 saturated heterocycles. The lowest BCUT2D eigenvalue weighted by Gasteiger charge is -2.10. The first-order valence-corrected chi connectivity index (χ1v) is 6.97. The van der Waals surface area contributed by atoms with E-state index in [1.165, 1.54) is 19.3 Å². The number of nitrogens with one attached hydrogen (secondary N) is 1. The number of benzene rings is 1. The molecule has 100 valence electrons. The van der Waals surface area contributed by atoms with Crippen LogP contribution in [0.5, 0.6) is 5.75 Å². The van der Waals surface area contributed by atoms with Gasteiger partial charge in [-0.2, -0.15) is 0 Å². The van der Waals surface area contributed by atoms with Gasteiger partial charge in [0.25, 0.3) is 0 Å². The van der Waals surface area contributed by atoms with E-state index >= 15 is 0 Å². The molecule has 0 bridgehead atoms. The van der Waals surface area contributed by atoms with E-state index in [1.807, 2.05) is 19.1 Å². The smallest absolute Gasteiger partial charge is 0.119 e. The van der Waals surface area contributed by atoms with Crippen molar-refractivity contribution in [2.24, 2.45) is 0 Å². The Morgan fingerprint density at radius 1 is 1.33 bits per heavy atom. The van der Waals surface area contributed by atoms with Crippen molar-refractivity contribution < 1.29 is 9.47 Å². The molecule has 1 aromatic carbocycles. The Kier molecular flexibility index (Phi) is 5.34. The highest BCUT2D eigenvalue weighted by atomic mass is 16.5. The second-order valence-corrected chi connectivity index (χ2v) is 4.66. The average molecular weight is 249 g/mol. The fourth-order valence-corrected chi connectivity index (χ4v) is 2.27. The third-order valence-corrected chi connectivity index (χ3v) is 3.22. The zero-order chi connectivity index (χ0) is 12.6. The van der Waals surface area contributed by atoms with Gasteiger partial charge in [0, 0.05) is 18.8 Å². The van der Waals surface area contributed by atoms with Gasteiger partial charge in [0.05, 0.1) is 12.7 Å². The van der Waals surface area contributed by atoms with Crippen LogP contribution in [0.2, 0.25) is 0 Å². The highest BCUT2D eigenvalue weighted by Crippen LogP contribution is 2.18. The summed E-state index contributed by atoms with van der Waals surface area (Å²) in [5.74, 6) is 0.933. The van der Waals surface area contributed by atoms with Gasteiger partial charge in [0.2, 0.25) is 0 Å². The minimum absolute atomic E-state index is 0.507. The molecule has 1 aromatic rings. The maximum Gasteiger partial charge on any atom is 0.119 e. The van der Waals surface area contributed by atoms with Gasteiger partial charge in [-0.05, 0) is 56.9 Å². The van der Waals surface area contributed by atoms with Crippen LogP contribution in [0.3, 0.4) is 0 Å². The fraction of sp³-hybridized carbons (Fsp3) is 0.600. The first-order chi connectivity index (χ1) is 8.88. The summed E-state index contributed by atoms with van der Waals surface area (Å²) < 4.78 is 11.0. The van der Waals surface area contributed by atoms with E-state index in [4.69, 9.17) is 9.47 Å². The molecule has 0 amide bonds. The quantitative estimate of drug-likeness (QED) is 0.751. The zero-order valence-corrected chi connectivity index (χ0v) is 11.2. The third kappa shape index (κ3) is 4.22. The lowest BCUT2D eigenvalue weighted by Crippen LogP contribution is -2.09. The van der Waals surface area contributed by atoms with Crippen LogP contribution >= 0.6 is 0 Å². The van der Waals surface area contributed by atoms with Crippen LogP contribution in [-0.2, 0) is 4.74 Å². The molecule has 0 spiro atoms. The highest BCUT2D eigenvalue weighted by Gasteiger charge is 2.14. The summed E-state index contributed by atoms with van der Waals surface area (Å²) >= 11 is 0. The van der Waals surface area contributed by atoms with Crippen LogP contribution in [0.25, 0.3) is 0 Å². The van der Waals surface area contributed by atoms with Gasteiger partial charge < -0.3 is 14.8 Å². The molecule has 1 unspecified atom stereocenters. The van der Waals surface area contributed by atoms with Gasteiger partial charge in [-0.1, -0.05) is 0 Å². The van der Waals surface area contributed by atoms with Crippen LogP contribution in [-0.4, -0.2) is 25.9 Å². The summed E-state index contributed by atoms with van der Waals surface area (Å²) in [6, 6.07) is 8.14. The SMILES string of the molecule is CCOc1ccc(NCCCC2CCCO2)cc1. The van der Waals surface area contributed by atoms with Gasteiger partial charge in [0.15, 0.2) is 0 Å². The minimum Gasteiger partial charge on any atom is -0.494 e. The highest BCUT2D eigenvalue weighted by molar-refractivity contribution is 5.46. The van der Waals surface area contributed by atoms with Crippen molar-refractivity contribution in [3.8, 4) is 5.75 Å². The molecule has 1 atom stereocenters. The van der Waals surface area contributed by atoms with E-state index in [0.717, 1.165) is 31.0 Å². The van der Waals surface area contributed by atoms with E-state index in [0.29, 0.717) is 12.7 Å². The maximum absolute atomic E-state index is 5.60. The second kappa shape index (κ2) is 7.27. The molecule has 0 radical (unpaired) electrons. The molecular formula is C15H23NO2. The second-order valence-electron chi connectivity index (χ2n) is 4.66. The van der Waals surface area contributed by atoms with Crippen LogP contribution in [0.15, 0.2) is 24.3 Å². The topological polar surface area (TPSA) is 30.5 Å². The van der Waals surface area contributed by atoms with Crippen LogP contribution in [0, 0.1) is 0 Å². The minimum atomic E-state index is 0.507. The zero-order valence-electron chi connectivity index (χ0n) is 11.2. The summed E-state index contributed by atoms with van der Waals surface area (Å²) in [5, 5.41) is 3.43. The largest absolute Gasteiger partial charge is 0.494 e. The van der Waals surface area contributed by atoms with Crippen molar-refractivity contribution in [1.29, 1.82) is 0 Å². The molecule has 1 heterocycles. The molecule has 1 N–H and O–H groups in total. The van der Waals surface area contributed by atoms with Gasteiger partial charge in [-0.25, -0.2) is 0 Å². The molecule has 18 heavy (non-hydrogen) atoms. The first-order valence-electron chi connectivity index (χ1n) is 6.97. The Morgan fingerprint density at radius 3 is 2.83 bits per heavy atom. The van der Waals surface area contributed by atoms with Crippen LogP contribution in [0.4, 0.5) is 5.69 Å². The predicted molar refractivity (Wildman–Crippen MR) is 74.3 cm³/mol. The summed E-state index contributed by atoms with van der Waals surface area (Å²) in [6.07, 6.45) is 5.31. The van der Waals surface area contributed by atoms with Crippen molar-refractivity contribution in [3.63, 3.8) is 0 Å². The number of hydrogen-bond donors (Lipinski definition) is 1. The Labute approximate surface area is 109 Å². The Morgan fingerprint density at radius 2 is 2.17 bits per heavy atom. The van der Waals surface area contributed by atoms with Gasteiger partial charge in [-0.15, -0.1) is 0 Å². The molecule has 1 aliphatic heterocycles. The van der Waals surface area contributed by atoms with Crippen LogP contribution in [0.1, 0.15) is 32.6 Å². The molecule has 0 aromatic heterocycles. The lowest BCUT2D eigenvalue weighted by atomic mass is 10.1.